The van der Waals surface area contributed by atoms with Gasteiger partial charge in [0.1, 0.15) is 0 Å². The molecule has 1 rings (SSSR count). The lowest BCUT2D eigenvalue weighted by Crippen LogP contribution is -2.45. The van der Waals surface area contributed by atoms with E-state index in [9.17, 15) is 0 Å². The first-order chi connectivity index (χ1) is 10.4. The number of nitrogens with zero attached hydrogens (tertiary/aromatic N) is 4. The van der Waals surface area contributed by atoms with Crippen LogP contribution in [0.15, 0.2) is 4.99 Å². The van der Waals surface area contributed by atoms with Crippen LogP contribution in [0.4, 0.5) is 0 Å². The van der Waals surface area contributed by atoms with E-state index in [4.69, 9.17) is 0 Å². The predicted molar refractivity (Wildman–Crippen MR) is 109 cm³/mol. The van der Waals surface area contributed by atoms with Crippen molar-refractivity contribution in [3.8, 4) is 0 Å². The number of aromatic nitrogens is 2. The molecule has 0 bridgehead atoms. The molecule has 1 unspecified atom stereocenters. The maximum absolute atomic E-state index is 4.48. The third-order valence-corrected chi connectivity index (χ3v) is 4.10. The zero-order valence-corrected chi connectivity index (χ0v) is 17.9. The van der Waals surface area contributed by atoms with E-state index < -0.39 is 0 Å². The van der Waals surface area contributed by atoms with Crippen LogP contribution in [0.1, 0.15) is 30.8 Å². The van der Waals surface area contributed by atoms with Crippen molar-refractivity contribution in [2.24, 2.45) is 12.0 Å². The largest absolute Gasteiger partial charge is 0.355 e. The average molecular weight is 436 g/mol. The highest BCUT2D eigenvalue weighted by molar-refractivity contribution is 14.0. The Morgan fingerprint density at radius 3 is 2.52 bits per heavy atom. The SMILES string of the molecule is CCN(C)CCNC(=NC)NC(C)Cc1c(C)nn(C)c1C.I. The Hall–Kier alpha value is -0.830. The molecule has 0 spiro atoms. The van der Waals surface area contributed by atoms with Crippen LogP contribution < -0.4 is 10.6 Å². The molecular formula is C16H33IN6. The fraction of sp³-hybridized carbons (Fsp3) is 0.750. The van der Waals surface area contributed by atoms with E-state index in [2.05, 4.69) is 60.4 Å². The highest BCUT2D eigenvalue weighted by atomic mass is 127. The normalized spacial score (nSPS) is 13.0. The van der Waals surface area contributed by atoms with Gasteiger partial charge < -0.3 is 15.5 Å². The Bertz CT molecular complexity index is 497. The average Bonchev–Trinajstić information content (AvgIpc) is 2.72. The molecule has 0 amide bonds. The van der Waals surface area contributed by atoms with Gasteiger partial charge in [-0.05, 0) is 46.3 Å². The van der Waals surface area contributed by atoms with Crippen LogP contribution in [-0.4, -0.2) is 60.4 Å². The second-order valence-electron chi connectivity index (χ2n) is 5.92. The lowest BCUT2D eigenvalue weighted by atomic mass is 10.1. The third-order valence-electron chi connectivity index (χ3n) is 4.10. The molecule has 1 heterocycles. The van der Waals surface area contributed by atoms with Crippen LogP contribution in [0.25, 0.3) is 0 Å². The molecule has 0 fully saturated rings. The first-order valence-electron chi connectivity index (χ1n) is 8.03. The van der Waals surface area contributed by atoms with Crippen LogP contribution >= 0.6 is 24.0 Å². The summed E-state index contributed by atoms with van der Waals surface area (Å²) < 4.78 is 1.95. The predicted octanol–water partition coefficient (Wildman–Crippen LogP) is 1.70. The van der Waals surface area contributed by atoms with Gasteiger partial charge in [-0.2, -0.15) is 5.10 Å². The maximum atomic E-state index is 4.48. The van der Waals surface area contributed by atoms with E-state index in [1.807, 2.05) is 18.8 Å². The molecule has 7 heteroatoms. The summed E-state index contributed by atoms with van der Waals surface area (Å²) in [7, 11) is 5.93. The molecule has 0 aliphatic heterocycles. The molecule has 134 valence electrons. The Kier molecular flexibility index (Phi) is 10.5. The van der Waals surface area contributed by atoms with Crippen molar-refractivity contribution in [1.82, 2.24) is 25.3 Å². The Morgan fingerprint density at radius 1 is 1.39 bits per heavy atom. The summed E-state index contributed by atoms with van der Waals surface area (Å²) >= 11 is 0. The molecule has 1 atom stereocenters. The van der Waals surface area contributed by atoms with Crippen molar-refractivity contribution < 1.29 is 0 Å². The summed E-state index contributed by atoms with van der Waals surface area (Å²) in [5.74, 6) is 0.858. The van der Waals surface area contributed by atoms with Gasteiger partial charge in [0.15, 0.2) is 5.96 Å². The van der Waals surface area contributed by atoms with E-state index in [0.717, 1.165) is 37.7 Å². The topological polar surface area (TPSA) is 57.5 Å². The number of rotatable bonds is 7. The minimum Gasteiger partial charge on any atom is -0.355 e. The summed E-state index contributed by atoms with van der Waals surface area (Å²) in [5.41, 5.74) is 3.67. The summed E-state index contributed by atoms with van der Waals surface area (Å²) in [6.07, 6.45) is 0.946. The zero-order chi connectivity index (χ0) is 16.7. The smallest absolute Gasteiger partial charge is 0.191 e. The van der Waals surface area contributed by atoms with Crippen molar-refractivity contribution in [3.63, 3.8) is 0 Å². The van der Waals surface area contributed by atoms with Gasteiger partial charge in [0.05, 0.1) is 5.69 Å². The molecule has 6 nitrogen and oxygen atoms in total. The van der Waals surface area contributed by atoms with Crippen LogP contribution in [0.3, 0.4) is 0 Å². The molecular weight excluding hydrogens is 403 g/mol. The lowest BCUT2D eigenvalue weighted by Gasteiger charge is -2.20. The quantitative estimate of drug-likeness (QED) is 0.388. The van der Waals surface area contributed by atoms with Gasteiger partial charge in [-0.25, -0.2) is 0 Å². The number of guanidine groups is 1. The fourth-order valence-electron chi connectivity index (χ4n) is 2.42. The van der Waals surface area contributed by atoms with E-state index in [1.54, 1.807) is 0 Å². The number of aryl methyl sites for hydroxylation is 2. The van der Waals surface area contributed by atoms with Gasteiger partial charge >= 0.3 is 0 Å². The molecule has 23 heavy (non-hydrogen) atoms. The van der Waals surface area contributed by atoms with Gasteiger partial charge in [0, 0.05) is 38.9 Å². The van der Waals surface area contributed by atoms with Crippen molar-refractivity contribution in [3.05, 3.63) is 17.0 Å². The number of halogens is 1. The Balaban J connectivity index is 0.00000484. The van der Waals surface area contributed by atoms with E-state index in [0.29, 0.717) is 6.04 Å². The molecule has 0 radical (unpaired) electrons. The number of hydrogen-bond acceptors (Lipinski definition) is 3. The summed E-state index contributed by atoms with van der Waals surface area (Å²) in [6.45, 7) is 11.5. The first kappa shape index (κ1) is 22.2. The summed E-state index contributed by atoms with van der Waals surface area (Å²) in [6, 6.07) is 0.303. The van der Waals surface area contributed by atoms with E-state index in [-0.39, 0.29) is 24.0 Å². The highest BCUT2D eigenvalue weighted by Crippen LogP contribution is 2.13. The molecule has 0 aliphatic carbocycles. The van der Waals surface area contributed by atoms with Crippen molar-refractivity contribution >= 4 is 29.9 Å². The molecule has 0 aliphatic rings. The summed E-state index contributed by atoms with van der Waals surface area (Å²) in [4.78, 5) is 6.57. The molecule has 0 aromatic carbocycles. The standard InChI is InChI=1S/C16H32N6.HI/c1-8-21(6)10-9-18-16(17-5)19-12(2)11-15-13(3)20-22(7)14(15)4;/h12H,8-11H2,1-7H3,(H2,17,18,19);1H. The van der Waals surface area contributed by atoms with Gasteiger partial charge in [-0.1, -0.05) is 6.92 Å². The lowest BCUT2D eigenvalue weighted by molar-refractivity contribution is 0.357. The van der Waals surface area contributed by atoms with Gasteiger partial charge in [-0.3, -0.25) is 9.67 Å². The van der Waals surface area contributed by atoms with Crippen LogP contribution in [0, 0.1) is 13.8 Å². The van der Waals surface area contributed by atoms with Gasteiger partial charge in [0.2, 0.25) is 0 Å². The molecule has 0 saturated carbocycles. The number of likely N-dealkylation sites (N-methyl/N-ethyl adjacent to an activating group) is 1. The van der Waals surface area contributed by atoms with Crippen molar-refractivity contribution in [1.29, 1.82) is 0 Å². The first-order valence-corrected chi connectivity index (χ1v) is 8.03. The number of aliphatic imine (C=N–C) groups is 1. The molecule has 2 N–H and O–H groups in total. The highest BCUT2D eigenvalue weighted by Gasteiger charge is 2.13. The minimum absolute atomic E-state index is 0. The minimum atomic E-state index is 0. The molecule has 1 aromatic rings. The monoisotopic (exact) mass is 436 g/mol. The van der Waals surface area contributed by atoms with Crippen LogP contribution in [0.5, 0.6) is 0 Å². The van der Waals surface area contributed by atoms with Crippen LogP contribution in [-0.2, 0) is 13.5 Å². The fourth-order valence-corrected chi connectivity index (χ4v) is 2.42. The van der Waals surface area contributed by atoms with Crippen molar-refractivity contribution in [2.75, 3.05) is 33.7 Å². The number of nitrogens with one attached hydrogen (secondary N) is 2. The molecule has 1 aromatic heterocycles. The van der Waals surface area contributed by atoms with Gasteiger partial charge in [-0.15, -0.1) is 24.0 Å². The second-order valence-corrected chi connectivity index (χ2v) is 5.92. The molecule has 0 saturated heterocycles. The van der Waals surface area contributed by atoms with E-state index >= 15 is 0 Å². The Morgan fingerprint density at radius 2 is 2.04 bits per heavy atom. The number of hydrogen-bond donors (Lipinski definition) is 2. The Labute approximate surface area is 158 Å². The second kappa shape index (κ2) is 10.9. The summed E-state index contributed by atoms with van der Waals surface area (Å²) in [5, 5.41) is 11.3. The van der Waals surface area contributed by atoms with Crippen molar-refractivity contribution in [2.45, 2.75) is 40.2 Å². The third kappa shape index (κ3) is 7.07. The zero-order valence-electron chi connectivity index (χ0n) is 15.6. The van der Waals surface area contributed by atoms with Crippen LogP contribution in [0.2, 0.25) is 0 Å². The van der Waals surface area contributed by atoms with E-state index in [1.165, 1.54) is 11.3 Å². The maximum Gasteiger partial charge on any atom is 0.191 e. The van der Waals surface area contributed by atoms with Gasteiger partial charge in [0.25, 0.3) is 0 Å².